The number of halogens is 2. The highest BCUT2D eigenvalue weighted by Gasteiger charge is 2.43. The minimum atomic E-state index is -0.318. The quantitative estimate of drug-likeness (QED) is 0.151. The number of hydrogen-bond acceptors (Lipinski definition) is 6. The summed E-state index contributed by atoms with van der Waals surface area (Å²) in [6.07, 6.45) is 1.52. The van der Waals surface area contributed by atoms with Crippen LogP contribution in [0, 0.1) is 13.8 Å². The van der Waals surface area contributed by atoms with E-state index in [4.69, 9.17) is 34.1 Å². The van der Waals surface area contributed by atoms with Gasteiger partial charge < -0.3 is 20.7 Å². The van der Waals surface area contributed by atoms with Gasteiger partial charge in [-0.2, -0.15) is 0 Å². The van der Waals surface area contributed by atoms with Gasteiger partial charge in [-0.15, -0.1) is 0 Å². The van der Waals surface area contributed by atoms with Crippen molar-refractivity contribution in [2.75, 3.05) is 39.3 Å². The number of oxime groups is 1. The molecule has 2 amide bonds. The number of nitrogens with zero attached hydrogens (tertiary/aromatic N) is 5. The number of rotatable bonds is 8. The number of amides is 2. The molecule has 0 unspecified atom stereocenters. The molecule has 9 nitrogen and oxygen atoms in total. The summed E-state index contributed by atoms with van der Waals surface area (Å²) >= 11 is 12.7. The average molecular weight is 664 g/mol. The molecule has 2 bridgehead atoms. The van der Waals surface area contributed by atoms with Gasteiger partial charge in [0.05, 0.1) is 16.1 Å². The molecule has 3 fully saturated rings. The maximum Gasteiger partial charge on any atom is 0.254 e. The molecular formula is C35H40Cl2N6O3. The van der Waals surface area contributed by atoms with Crippen LogP contribution in [0.5, 0.6) is 0 Å². The van der Waals surface area contributed by atoms with Crippen LogP contribution in [0.25, 0.3) is 0 Å². The fraction of sp³-hybridized carbons (Fsp3) is 0.400. The molecule has 3 aromatic rings. The van der Waals surface area contributed by atoms with Crippen LogP contribution in [-0.2, 0) is 11.3 Å². The lowest BCUT2D eigenvalue weighted by atomic mass is 10.00. The molecule has 0 aliphatic carbocycles. The molecule has 242 valence electrons. The van der Waals surface area contributed by atoms with Crippen LogP contribution < -0.4 is 5.73 Å². The van der Waals surface area contributed by atoms with Crippen molar-refractivity contribution in [2.24, 2.45) is 10.9 Å². The summed E-state index contributed by atoms with van der Waals surface area (Å²) in [6.45, 7) is 8.76. The van der Waals surface area contributed by atoms with Gasteiger partial charge in [-0.05, 0) is 55.7 Å². The summed E-state index contributed by atoms with van der Waals surface area (Å²) in [5, 5.41) is 12.9. The van der Waals surface area contributed by atoms with Crippen molar-refractivity contribution < 1.29 is 14.8 Å². The zero-order chi connectivity index (χ0) is 32.5. The molecule has 0 radical (unpaired) electrons. The van der Waals surface area contributed by atoms with Crippen LogP contribution in [0.1, 0.15) is 57.1 Å². The van der Waals surface area contributed by atoms with Crippen molar-refractivity contribution in [3.8, 4) is 0 Å². The zero-order valence-electron chi connectivity index (χ0n) is 26.2. The highest BCUT2D eigenvalue weighted by atomic mass is 35.5. The molecule has 0 spiro atoms. The summed E-state index contributed by atoms with van der Waals surface area (Å²) in [6, 6.07) is 19.7. The van der Waals surface area contributed by atoms with Gasteiger partial charge in [0, 0.05) is 75.4 Å². The molecule has 3 heterocycles. The number of nitrogens with two attached hydrogens (primary N) is 1. The lowest BCUT2D eigenvalue weighted by molar-refractivity contribution is -0.136. The van der Waals surface area contributed by atoms with Gasteiger partial charge >= 0.3 is 0 Å². The summed E-state index contributed by atoms with van der Waals surface area (Å²) in [5.41, 5.74) is 11.2. The lowest BCUT2D eigenvalue weighted by Gasteiger charge is -2.42. The van der Waals surface area contributed by atoms with E-state index < -0.39 is 0 Å². The Morgan fingerprint density at radius 1 is 0.870 bits per heavy atom. The molecule has 3 aliphatic heterocycles. The highest BCUT2D eigenvalue weighted by molar-refractivity contribution is 6.42. The first-order chi connectivity index (χ1) is 22.1. The predicted octanol–water partition coefficient (Wildman–Crippen LogP) is 5.08. The van der Waals surface area contributed by atoms with Crippen molar-refractivity contribution in [2.45, 2.75) is 51.4 Å². The number of piperazine rings is 2. The largest absolute Gasteiger partial charge is 0.409 e. The topological polar surface area (TPSA) is 106 Å². The molecule has 0 aromatic heterocycles. The van der Waals surface area contributed by atoms with Crippen LogP contribution in [0.15, 0.2) is 65.8 Å². The first kappa shape index (κ1) is 32.3. The second kappa shape index (κ2) is 13.6. The minimum absolute atomic E-state index is 0.0271. The summed E-state index contributed by atoms with van der Waals surface area (Å²) in [5.74, 6) is 0.161. The van der Waals surface area contributed by atoms with E-state index in [9.17, 15) is 9.59 Å². The van der Waals surface area contributed by atoms with Crippen LogP contribution >= 0.6 is 23.2 Å². The maximum atomic E-state index is 13.8. The average Bonchev–Trinajstić information content (AvgIpc) is 3.64. The van der Waals surface area contributed by atoms with Gasteiger partial charge in [0.25, 0.3) is 5.91 Å². The standard InChI is InChI=1S/C35H40Cl2N6O3/c1-22-13-23(2)15-27(14-22)35(45)41-11-12-43(32(21-41)26-7-8-30(36)31(37)16-26)33(44)9-10-40-19-29-17-28(40)20-42(29)18-24-3-5-25(6-4-24)34(38)39-46/h3-8,13-16,28-29,32,46H,9-12,17-21H2,1-2H3,(H2,38,39)/t28-,29-,32-/m0/s1. The normalized spacial score (nSPS) is 22.1. The van der Waals surface area contributed by atoms with Crippen molar-refractivity contribution >= 4 is 40.9 Å². The number of carbonyl (C=O) groups is 2. The third-order valence-electron chi connectivity index (χ3n) is 9.61. The van der Waals surface area contributed by atoms with Crippen LogP contribution in [0.3, 0.4) is 0 Å². The summed E-state index contributed by atoms with van der Waals surface area (Å²) < 4.78 is 0. The second-order valence-corrected chi connectivity index (χ2v) is 13.6. The van der Waals surface area contributed by atoms with Crippen molar-refractivity contribution in [3.63, 3.8) is 0 Å². The number of amidine groups is 1. The van der Waals surface area contributed by atoms with E-state index in [0.29, 0.717) is 65.9 Å². The zero-order valence-corrected chi connectivity index (χ0v) is 27.7. The fourth-order valence-corrected chi connectivity index (χ4v) is 7.61. The smallest absolute Gasteiger partial charge is 0.254 e. The fourth-order valence-electron chi connectivity index (χ4n) is 7.31. The predicted molar refractivity (Wildman–Crippen MR) is 180 cm³/mol. The van der Waals surface area contributed by atoms with E-state index in [1.54, 1.807) is 6.07 Å². The number of hydrogen-bond donors (Lipinski definition) is 2. The number of carbonyl (C=O) groups excluding carboxylic acids is 2. The van der Waals surface area contributed by atoms with E-state index in [1.165, 1.54) is 5.56 Å². The SMILES string of the molecule is Cc1cc(C)cc(C(=O)N2CCN(C(=O)CCN3C[C@@H]4C[C@H]3CN4Cc3ccc(/C(N)=N/O)cc3)[C@H](c3ccc(Cl)c(Cl)c3)C2)c1. The second-order valence-electron chi connectivity index (χ2n) is 12.8. The van der Waals surface area contributed by atoms with Crippen LogP contribution in [-0.4, -0.2) is 93.8 Å². The number of fused-ring (bicyclic) bond motifs is 2. The van der Waals surface area contributed by atoms with E-state index >= 15 is 0 Å². The molecule has 3 atom stereocenters. The van der Waals surface area contributed by atoms with E-state index in [-0.39, 0.29) is 23.7 Å². The van der Waals surface area contributed by atoms with Gasteiger partial charge in [-0.1, -0.05) is 75.9 Å². The Balaban J connectivity index is 1.08. The molecule has 3 aliphatic rings. The van der Waals surface area contributed by atoms with Crippen LogP contribution in [0.4, 0.5) is 0 Å². The Morgan fingerprint density at radius 3 is 2.22 bits per heavy atom. The molecule has 0 saturated carbocycles. The molecule has 3 N–H and O–H groups in total. The first-order valence-electron chi connectivity index (χ1n) is 15.8. The molecule has 3 aromatic carbocycles. The van der Waals surface area contributed by atoms with E-state index in [1.807, 2.05) is 72.2 Å². The van der Waals surface area contributed by atoms with Gasteiger partial charge in [0.15, 0.2) is 5.84 Å². The molecule has 3 saturated heterocycles. The van der Waals surface area contributed by atoms with Crippen molar-refractivity contribution in [1.82, 2.24) is 19.6 Å². The Kier molecular flexibility index (Phi) is 9.57. The number of likely N-dealkylation sites (tertiary alicyclic amines) is 2. The lowest BCUT2D eigenvalue weighted by Crippen LogP contribution is -2.53. The summed E-state index contributed by atoms with van der Waals surface area (Å²) in [7, 11) is 0. The maximum absolute atomic E-state index is 13.8. The van der Waals surface area contributed by atoms with E-state index in [2.05, 4.69) is 21.0 Å². The number of benzene rings is 3. The molecule has 6 rings (SSSR count). The molecule has 46 heavy (non-hydrogen) atoms. The van der Waals surface area contributed by atoms with Gasteiger partial charge in [-0.3, -0.25) is 19.4 Å². The van der Waals surface area contributed by atoms with Crippen LogP contribution in [0.2, 0.25) is 10.0 Å². The highest BCUT2D eigenvalue weighted by Crippen LogP contribution is 2.34. The van der Waals surface area contributed by atoms with Crippen molar-refractivity contribution in [1.29, 1.82) is 0 Å². The van der Waals surface area contributed by atoms with E-state index in [0.717, 1.165) is 42.7 Å². The first-order valence-corrected chi connectivity index (χ1v) is 16.5. The Labute approximate surface area is 280 Å². The van der Waals surface area contributed by atoms with Gasteiger partial charge in [0.1, 0.15) is 0 Å². The third-order valence-corrected chi connectivity index (χ3v) is 10.3. The number of aryl methyl sites for hydroxylation is 2. The molecular weight excluding hydrogens is 623 g/mol. The Morgan fingerprint density at radius 2 is 1.57 bits per heavy atom. The minimum Gasteiger partial charge on any atom is -0.409 e. The van der Waals surface area contributed by atoms with Crippen molar-refractivity contribution in [3.05, 3.63) is 104 Å². The molecule has 11 heteroatoms. The van der Waals surface area contributed by atoms with Gasteiger partial charge in [0.2, 0.25) is 5.91 Å². The summed E-state index contributed by atoms with van der Waals surface area (Å²) in [4.78, 5) is 36.2. The third kappa shape index (κ3) is 6.88. The monoisotopic (exact) mass is 662 g/mol. The Hall–Kier alpha value is -3.63. The van der Waals surface area contributed by atoms with Gasteiger partial charge in [-0.25, -0.2) is 0 Å². The Bertz CT molecular complexity index is 1630.